The number of nitrogens with zero attached hydrogens (tertiary/aromatic N) is 2. The summed E-state index contributed by atoms with van der Waals surface area (Å²) in [6.45, 7) is 3.91. The minimum absolute atomic E-state index is 0.830. The molecular weight excluding hydrogens is 210 g/mol. The molecule has 3 unspecified atom stereocenters. The van der Waals surface area contributed by atoms with E-state index in [4.69, 9.17) is 0 Å². The lowest BCUT2D eigenvalue weighted by Gasteiger charge is -2.18. The normalized spacial score (nSPS) is 30.1. The van der Waals surface area contributed by atoms with Gasteiger partial charge in [0.05, 0.1) is 11.4 Å². The Morgan fingerprint density at radius 3 is 2.82 bits per heavy atom. The molecular formula is C14H19N3. The fourth-order valence-corrected chi connectivity index (χ4v) is 3.03. The van der Waals surface area contributed by atoms with Crippen molar-refractivity contribution in [1.29, 1.82) is 0 Å². The zero-order valence-electron chi connectivity index (χ0n) is 10.3. The number of rotatable bonds is 4. The first-order valence-electron chi connectivity index (χ1n) is 6.48. The fraction of sp³-hybridized carbons (Fsp3) is 0.571. The second-order valence-electron chi connectivity index (χ2n) is 5.32. The lowest BCUT2D eigenvalue weighted by Crippen LogP contribution is -2.25. The van der Waals surface area contributed by atoms with Crippen LogP contribution in [0.4, 0.5) is 0 Å². The van der Waals surface area contributed by atoms with Crippen LogP contribution in [-0.2, 0) is 6.54 Å². The Morgan fingerprint density at radius 2 is 2.18 bits per heavy atom. The number of fused-ring (bicyclic) bond motifs is 2. The highest BCUT2D eigenvalue weighted by atomic mass is 14.9. The lowest BCUT2D eigenvalue weighted by atomic mass is 9.94. The van der Waals surface area contributed by atoms with Gasteiger partial charge >= 0.3 is 0 Å². The molecule has 0 amide bonds. The van der Waals surface area contributed by atoms with Crippen molar-refractivity contribution in [2.24, 2.45) is 17.8 Å². The molecule has 3 atom stereocenters. The van der Waals surface area contributed by atoms with Crippen LogP contribution in [0.5, 0.6) is 0 Å². The topological polar surface area (TPSA) is 37.8 Å². The van der Waals surface area contributed by atoms with Gasteiger partial charge in [-0.15, -0.1) is 0 Å². The van der Waals surface area contributed by atoms with Crippen LogP contribution < -0.4 is 5.32 Å². The molecule has 2 bridgehead atoms. The van der Waals surface area contributed by atoms with Crippen molar-refractivity contribution in [3.8, 4) is 0 Å². The van der Waals surface area contributed by atoms with Gasteiger partial charge in [-0.05, 0) is 44.1 Å². The zero-order chi connectivity index (χ0) is 11.7. The number of nitrogens with one attached hydrogen (secondary N) is 1. The van der Waals surface area contributed by atoms with Gasteiger partial charge in [0.1, 0.15) is 0 Å². The second-order valence-corrected chi connectivity index (χ2v) is 5.32. The van der Waals surface area contributed by atoms with Gasteiger partial charge in [0.15, 0.2) is 0 Å². The summed E-state index contributed by atoms with van der Waals surface area (Å²) in [5, 5.41) is 3.51. The Hall–Kier alpha value is -1.22. The van der Waals surface area contributed by atoms with Crippen LogP contribution in [0.15, 0.2) is 24.5 Å². The monoisotopic (exact) mass is 229 g/mol. The van der Waals surface area contributed by atoms with Crippen LogP contribution in [0, 0.1) is 24.7 Å². The Labute approximate surface area is 102 Å². The van der Waals surface area contributed by atoms with E-state index in [1.807, 2.05) is 19.3 Å². The van der Waals surface area contributed by atoms with Crippen LogP contribution in [0.1, 0.15) is 24.2 Å². The highest BCUT2D eigenvalue weighted by Gasteiger charge is 2.34. The lowest BCUT2D eigenvalue weighted by molar-refractivity contribution is 0.413. The summed E-state index contributed by atoms with van der Waals surface area (Å²) in [6, 6.07) is 0. The Bertz CT molecular complexity index is 410. The summed E-state index contributed by atoms with van der Waals surface area (Å²) < 4.78 is 0. The Balaban J connectivity index is 1.46. The number of aromatic nitrogens is 2. The highest BCUT2D eigenvalue weighted by Crippen LogP contribution is 2.42. The van der Waals surface area contributed by atoms with Gasteiger partial charge in [-0.3, -0.25) is 9.97 Å². The van der Waals surface area contributed by atoms with Crippen molar-refractivity contribution in [3.63, 3.8) is 0 Å². The van der Waals surface area contributed by atoms with Gasteiger partial charge in [-0.1, -0.05) is 12.2 Å². The van der Waals surface area contributed by atoms with Crippen molar-refractivity contribution in [2.75, 3.05) is 6.54 Å². The number of hydrogen-bond acceptors (Lipinski definition) is 3. The molecule has 2 aliphatic carbocycles. The van der Waals surface area contributed by atoms with E-state index in [2.05, 4.69) is 27.4 Å². The van der Waals surface area contributed by atoms with E-state index in [-0.39, 0.29) is 0 Å². The van der Waals surface area contributed by atoms with Gasteiger partial charge in [0.2, 0.25) is 0 Å². The molecule has 1 fully saturated rings. The van der Waals surface area contributed by atoms with E-state index in [9.17, 15) is 0 Å². The van der Waals surface area contributed by atoms with E-state index in [0.29, 0.717) is 0 Å². The minimum atomic E-state index is 0.830. The molecule has 0 saturated heterocycles. The van der Waals surface area contributed by atoms with Crippen LogP contribution in [0.25, 0.3) is 0 Å². The summed E-state index contributed by atoms with van der Waals surface area (Å²) in [5.74, 6) is 2.53. The Morgan fingerprint density at radius 1 is 1.24 bits per heavy atom. The molecule has 3 nitrogen and oxygen atoms in total. The van der Waals surface area contributed by atoms with Crippen LogP contribution in [-0.4, -0.2) is 16.5 Å². The molecule has 1 aromatic rings. The first-order valence-corrected chi connectivity index (χ1v) is 6.48. The first kappa shape index (κ1) is 10.9. The number of hydrogen-bond donors (Lipinski definition) is 1. The molecule has 3 rings (SSSR count). The largest absolute Gasteiger partial charge is 0.311 e. The van der Waals surface area contributed by atoms with Crippen molar-refractivity contribution in [3.05, 3.63) is 35.9 Å². The third-order valence-electron chi connectivity index (χ3n) is 3.96. The summed E-state index contributed by atoms with van der Waals surface area (Å²) in [7, 11) is 0. The summed E-state index contributed by atoms with van der Waals surface area (Å²) in [6.07, 6.45) is 11.3. The minimum Gasteiger partial charge on any atom is -0.311 e. The molecule has 17 heavy (non-hydrogen) atoms. The molecule has 2 aliphatic rings. The summed E-state index contributed by atoms with van der Waals surface area (Å²) in [5.41, 5.74) is 2.02. The molecule has 1 heterocycles. The highest BCUT2D eigenvalue weighted by molar-refractivity contribution is 5.10. The van der Waals surface area contributed by atoms with E-state index < -0.39 is 0 Å². The van der Waals surface area contributed by atoms with Gasteiger partial charge in [-0.2, -0.15) is 0 Å². The smallest absolute Gasteiger partial charge is 0.0724 e. The third-order valence-corrected chi connectivity index (χ3v) is 3.96. The van der Waals surface area contributed by atoms with Crippen molar-refractivity contribution in [2.45, 2.75) is 26.3 Å². The second kappa shape index (κ2) is 4.57. The van der Waals surface area contributed by atoms with Crippen LogP contribution in [0.2, 0.25) is 0 Å². The van der Waals surface area contributed by atoms with E-state index in [0.717, 1.165) is 42.2 Å². The molecule has 0 aliphatic heterocycles. The molecule has 0 spiro atoms. The molecule has 0 radical (unpaired) electrons. The first-order chi connectivity index (χ1) is 8.31. The number of aryl methyl sites for hydroxylation is 1. The maximum Gasteiger partial charge on any atom is 0.0724 e. The molecule has 1 saturated carbocycles. The third kappa shape index (κ3) is 2.39. The van der Waals surface area contributed by atoms with Gasteiger partial charge < -0.3 is 5.32 Å². The predicted octanol–water partition coefficient (Wildman–Crippen LogP) is 2.09. The van der Waals surface area contributed by atoms with Crippen LogP contribution in [0.3, 0.4) is 0 Å². The Kier molecular flexibility index (Phi) is 2.93. The van der Waals surface area contributed by atoms with E-state index >= 15 is 0 Å². The zero-order valence-corrected chi connectivity index (χ0v) is 10.3. The maximum atomic E-state index is 4.35. The molecule has 3 heteroatoms. The summed E-state index contributed by atoms with van der Waals surface area (Å²) in [4.78, 5) is 8.61. The molecule has 0 aromatic carbocycles. The fourth-order valence-electron chi connectivity index (χ4n) is 3.03. The predicted molar refractivity (Wildman–Crippen MR) is 67.3 cm³/mol. The molecule has 90 valence electrons. The van der Waals surface area contributed by atoms with Gasteiger partial charge in [0.25, 0.3) is 0 Å². The van der Waals surface area contributed by atoms with Crippen molar-refractivity contribution in [1.82, 2.24) is 15.3 Å². The van der Waals surface area contributed by atoms with E-state index in [1.54, 1.807) is 0 Å². The molecule has 1 N–H and O–H groups in total. The average molecular weight is 229 g/mol. The quantitative estimate of drug-likeness (QED) is 0.803. The van der Waals surface area contributed by atoms with Crippen molar-refractivity contribution >= 4 is 0 Å². The average Bonchev–Trinajstić information content (AvgIpc) is 2.94. The van der Waals surface area contributed by atoms with Gasteiger partial charge in [0, 0.05) is 18.9 Å². The van der Waals surface area contributed by atoms with Gasteiger partial charge in [-0.25, -0.2) is 0 Å². The van der Waals surface area contributed by atoms with Crippen LogP contribution >= 0.6 is 0 Å². The van der Waals surface area contributed by atoms with E-state index in [1.165, 1.54) is 12.8 Å². The molecule has 1 aromatic heterocycles. The SMILES string of the molecule is Cc1cnc(CNCC2CC3C=CC2C3)cn1. The van der Waals surface area contributed by atoms with Crippen molar-refractivity contribution < 1.29 is 0 Å². The standard InChI is InChI=1S/C14H19N3/c1-10-6-17-14(9-16-10)8-15-7-13-5-11-2-3-12(13)4-11/h2-3,6,9,11-13,15H,4-5,7-8H2,1H3. The number of allylic oxidation sites excluding steroid dienone is 2. The maximum absolute atomic E-state index is 4.35. The summed E-state index contributed by atoms with van der Waals surface area (Å²) >= 11 is 0.